The quantitative estimate of drug-likeness (QED) is 0.908. The number of fused-ring (bicyclic) bond motifs is 1. The summed E-state index contributed by atoms with van der Waals surface area (Å²) in [4.78, 5) is 12.3. The van der Waals surface area contributed by atoms with Crippen molar-refractivity contribution in [3.8, 4) is 11.5 Å². The smallest absolute Gasteiger partial charge is 0.251 e. The zero-order valence-corrected chi connectivity index (χ0v) is 11.7. The van der Waals surface area contributed by atoms with Crippen LogP contribution in [0.1, 0.15) is 23.2 Å². The fourth-order valence-electron chi connectivity index (χ4n) is 2.95. The van der Waals surface area contributed by atoms with E-state index in [2.05, 4.69) is 5.32 Å². The molecule has 1 amide bonds. The largest absolute Gasteiger partial charge is 0.497 e. The Hall–Kier alpha value is -1.75. The van der Waals surface area contributed by atoms with Crippen molar-refractivity contribution in [1.29, 1.82) is 0 Å². The molecule has 0 bridgehead atoms. The van der Waals surface area contributed by atoms with E-state index in [0.29, 0.717) is 29.1 Å². The molecule has 1 heterocycles. The van der Waals surface area contributed by atoms with Crippen LogP contribution in [0, 0.1) is 5.92 Å². The summed E-state index contributed by atoms with van der Waals surface area (Å²) in [6.45, 7) is 0.814. The summed E-state index contributed by atoms with van der Waals surface area (Å²) in [6.07, 6.45) is 2.30. The van der Waals surface area contributed by atoms with Crippen LogP contribution in [0.3, 0.4) is 0 Å². The van der Waals surface area contributed by atoms with Gasteiger partial charge in [0.05, 0.1) is 20.3 Å². The maximum atomic E-state index is 12.3. The first-order chi connectivity index (χ1) is 9.71. The van der Waals surface area contributed by atoms with Crippen molar-refractivity contribution in [3.63, 3.8) is 0 Å². The molecule has 5 heteroatoms. The zero-order chi connectivity index (χ0) is 14.1. The summed E-state index contributed by atoms with van der Waals surface area (Å²) >= 11 is 0. The van der Waals surface area contributed by atoms with Crippen molar-refractivity contribution < 1.29 is 19.0 Å². The number of amides is 1. The molecule has 1 aliphatic carbocycles. The standard InChI is InChI=1S/C15H19NO4/c1-18-10-5-9(6-11(7-10)19-2)15(17)16-13-8-14-12(13)3-4-20-14/h5-7,12-14H,3-4,8H2,1-2H3,(H,16,17)/t12-,13+,14+/m0/s1. The van der Waals surface area contributed by atoms with Crippen LogP contribution in [0.4, 0.5) is 0 Å². The Balaban J connectivity index is 1.70. The zero-order valence-electron chi connectivity index (χ0n) is 11.7. The number of ether oxygens (including phenoxy) is 3. The fourth-order valence-corrected chi connectivity index (χ4v) is 2.95. The van der Waals surface area contributed by atoms with Crippen molar-refractivity contribution in [2.45, 2.75) is 25.0 Å². The summed E-state index contributed by atoms with van der Waals surface area (Å²) in [5.74, 6) is 1.62. The molecule has 1 aromatic carbocycles. The molecule has 0 radical (unpaired) electrons. The van der Waals surface area contributed by atoms with Gasteiger partial charge in [-0.1, -0.05) is 0 Å². The molecule has 108 valence electrons. The first-order valence-corrected chi connectivity index (χ1v) is 6.87. The van der Waals surface area contributed by atoms with Gasteiger partial charge < -0.3 is 19.5 Å². The second kappa shape index (κ2) is 5.32. The van der Waals surface area contributed by atoms with Crippen LogP contribution < -0.4 is 14.8 Å². The van der Waals surface area contributed by atoms with Crippen LogP contribution >= 0.6 is 0 Å². The molecular formula is C15H19NO4. The van der Waals surface area contributed by atoms with Crippen molar-refractivity contribution in [2.75, 3.05) is 20.8 Å². The first-order valence-electron chi connectivity index (χ1n) is 6.87. The van der Waals surface area contributed by atoms with E-state index in [9.17, 15) is 4.79 Å². The van der Waals surface area contributed by atoms with E-state index >= 15 is 0 Å². The van der Waals surface area contributed by atoms with Crippen molar-refractivity contribution >= 4 is 5.91 Å². The summed E-state index contributed by atoms with van der Waals surface area (Å²) in [6, 6.07) is 5.42. The molecule has 2 aliphatic rings. The monoisotopic (exact) mass is 277 g/mol. The highest BCUT2D eigenvalue weighted by molar-refractivity contribution is 5.95. The Labute approximate surface area is 118 Å². The van der Waals surface area contributed by atoms with Crippen molar-refractivity contribution in [3.05, 3.63) is 23.8 Å². The van der Waals surface area contributed by atoms with Crippen LogP contribution in [0.25, 0.3) is 0 Å². The van der Waals surface area contributed by atoms with E-state index in [0.717, 1.165) is 19.4 Å². The Morgan fingerprint density at radius 3 is 2.55 bits per heavy atom. The van der Waals surface area contributed by atoms with E-state index in [1.54, 1.807) is 32.4 Å². The number of carbonyl (C=O) groups is 1. The molecule has 0 aromatic heterocycles. The predicted molar refractivity (Wildman–Crippen MR) is 73.3 cm³/mol. The van der Waals surface area contributed by atoms with Crippen molar-refractivity contribution in [1.82, 2.24) is 5.32 Å². The second-order valence-electron chi connectivity index (χ2n) is 5.28. The molecule has 1 aliphatic heterocycles. The third-order valence-corrected chi connectivity index (χ3v) is 4.19. The molecule has 0 unspecified atom stereocenters. The molecule has 1 saturated carbocycles. The van der Waals surface area contributed by atoms with E-state index in [1.807, 2.05) is 0 Å². The minimum absolute atomic E-state index is 0.0856. The molecule has 5 nitrogen and oxygen atoms in total. The highest BCUT2D eigenvalue weighted by Gasteiger charge is 2.45. The maximum absolute atomic E-state index is 12.3. The van der Waals surface area contributed by atoms with E-state index < -0.39 is 0 Å². The number of nitrogens with one attached hydrogen (secondary N) is 1. The third-order valence-electron chi connectivity index (χ3n) is 4.19. The first kappa shape index (κ1) is 13.2. The van der Waals surface area contributed by atoms with Gasteiger partial charge in [-0.25, -0.2) is 0 Å². The molecule has 0 spiro atoms. The lowest BCUT2D eigenvalue weighted by Gasteiger charge is -2.39. The number of rotatable bonds is 4. The highest BCUT2D eigenvalue weighted by atomic mass is 16.5. The molecule has 3 rings (SSSR count). The van der Waals surface area contributed by atoms with Gasteiger partial charge in [-0.15, -0.1) is 0 Å². The average Bonchev–Trinajstić information content (AvgIpc) is 2.85. The van der Waals surface area contributed by atoms with Gasteiger partial charge in [0.1, 0.15) is 11.5 Å². The Bertz CT molecular complexity index is 494. The molecular weight excluding hydrogens is 258 g/mol. The average molecular weight is 277 g/mol. The van der Waals surface area contributed by atoms with Gasteiger partial charge in [-0.3, -0.25) is 4.79 Å². The minimum atomic E-state index is -0.0856. The van der Waals surface area contributed by atoms with E-state index in [1.165, 1.54) is 0 Å². The third kappa shape index (κ3) is 2.33. The molecule has 3 atom stereocenters. The Morgan fingerprint density at radius 1 is 1.25 bits per heavy atom. The molecule has 2 fully saturated rings. The maximum Gasteiger partial charge on any atom is 0.251 e. The number of hydrogen-bond donors (Lipinski definition) is 1. The summed E-state index contributed by atoms with van der Waals surface area (Å²) in [5.41, 5.74) is 0.559. The molecule has 1 aromatic rings. The number of methoxy groups -OCH3 is 2. The molecule has 1 N–H and O–H groups in total. The predicted octanol–water partition coefficient (Wildman–Crippen LogP) is 1.61. The Morgan fingerprint density at radius 2 is 1.95 bits per heavy atom. The lowest BCUT2D eigenvalue weighted by Crippen LogP contribution is -2.53. The van der Waals surface area contributed by atoms with Crippen LogP contribution in [-0.2, 0) is 4.74 Å². The van der Waals surface area contributed by atoms with Crippen LogP contribution in [0.2, 0.25) is 0 Å². The normalized spacial score (nSPS) is 27.4. The number of benzene rings is 1. The van der Waals surface area contributed by atoms with Gasteiger partial charge in [0.2, 0.25) is 0 Å². The van der Waals surface area contributed by atoms with Gasteiger partial charge in [0, 0.05) is 30.2 Å². The van der Waals surface area contributed by atoms with Gasteiger partial charge >= 0.3 is 0 Å². The second-order valence-corrected chi connectivity index (χ2v) is 5.28. The van der Waals surface area contributed by atoms with Gasteiger partial charge in [0.25, 0.3) is 5.91 Å². The lowest BCUT2D eigenvalue weighted by atomic mass is 9.76. The van der Waals surface area contributed by atoms with Crippen molar-refractivity contribution in [2.24, 2.45) is 5.92 Å². The lowest BCUT2D eigenvalue weighted by molar-refractivity contribution is 0.00809. The molecule has 1 saturated heterocycles. The topological polar surface area (TPSA) is 56.8 Å². The van der Waals surface area contributed by atoms with E-state index in [-0.39, 0.29) is 11.9 Å². The SMILES string of the molecule is COc1cc(OC)cc(C(=O)N[C@@H]2C[C@H]3OCC[C@@H]23)c1. The van der Waals surface area contributed by atoms with Gasteiger partial charge in [0.15, 0.2) is 0 Å². The van der Waals surface area contributed by atoms with Crippen LogP contribution in [0.5, 0.6) is 11.5 Å². The van der Waals surface area contributed by atoms with E-state index in [4.69, 9.17) is 14.2 Å². The fraction of sp³-hybridized carbons (Fsp3) is 0.533. The summed E-state index contributed by atoms with van der Waals surface area (Å²) in [7, 11) is 3.14. The number of carbonyl (C=O) groups excluding carboxylic acids is 1. The summed E-state index contributed by atoms with van der Waals surface area (Å²) < 4.78 is 15.9. The Kier molecular flexibility index (Phi) is 3.53. The van der Waals surface area contributed by atoms with Crippen LogP contribution in [-0.4, -0.2) is 38.9 Å². The molecule has 20 heavy (non-hydrogen) atoms. The number of hydrogen-bond acceptors (Lipinski definition) is 4. The van der Waals surface area contributed by atoms with Gasteiger partial charge in [-0.2, -0.15) is 0 Å². The van der Waals surface area contributed by atoms with Gasteiger partial charge in [-0.05, 0) is 25.0 Å². The van der Waals surface area contributed by atoms with Crippen LogP contribution in [0.15, 0.2) is 18.2 Å². The highest BCUT2D eigenvalue weighted by Crippen LogP contribution is 2.38. The summed E-state index contributed by atoms with van der Waals surface area (Å²) in [5, 5.41) is 3.08. The minimum Gasteiger partial charge on any atom is -0.497 e.